The lowest BCUT2D eigenvalue weighted by Gasteiger charge is -2.28. The van der Waals surface area contributed by atoms with Crippen molar-refractivity contribution in [3.05, 3.63) is 18.7 Å². The molecule has 7 heteroatoms. The molecule has 0 aromatic carbocycles. The molecular weight excluding hydrogens is 258 g/mol. The van der Waals surface area contributed by atoms with Crippen molar-refractivity contribution < 1.29 is 10.0 Å². The SMILES string of the molecule is CC(Cn1ccnc1)NC(=O)C1(C(N)=NO)CCCC1. The van der Waals surface area contributed by atoms with Crippen LogP contribution in [0.2, 0.25) is 0 Å². The van der Waals surface area contributed by atoms with Gasteiger partial charge in [0, 0.05) is 25.0 Å². The molecule has 110 valence electrons. The molecule has 0 aliphatic heterocycles. The van der Waals surface area contributed by atoms with Crippen molar-refractivity contribution in [2.45, 2.75) is 45.2 Å². The van der Waals surface area contributed by atoms with Gasteiger partial charge in [-0.25, -0.2) is 4.98 Å². The molecule has 1 amide bonds. The molecule has 1 aliphatic rings. The Hall–Kier alpha value is -2.05. The van der Waals surface area contributed by atoms with Crippen molar-refractivity contribution in [1.82, 2.24) is 14.9 Å². The summed E-state index contributed by atoms with van der Waals surface area (Å²) in [7, 11) is 0. The van der Waals surface area contributed by atoms with E-state index in [1.165, 1.54) is 0 Å². The zero-order chi connectivity index (χ0) is 14.6. The zero-order valence-corrected chi connectivity index (χ0v) is 11.6. The predicted octanol–water partition coefficient (Wildman–Crippen LogP) is 0.695. The molecule has 1 atom stereocenters. The van der Waals surface area contributed by atoms with Crippen molar-refractivity contribution in [3.63, 3.8) is 0 Å². The van der Waals surface area contributed by atoms with Crippen LogP contribution < -0.4 is 11.1 Å². The third kappa shape index (κ3) is 2.76. The minimum atomic E-state index is -0.849. The van der Waals surface area contributed by atoms with E-state index in [2.05, 4.69) is 15.5 Å². The van der Waals surface area contributed by atoms with E-state index in [1.807, 2.05) is 17.7 Å². The van der Waals surface area contributed by atoms with Gasteiger partial charge in [0.25, 0.3) is 0 Å². The number of imidazole rings is 1. The average molecular weight is 279 g/mol. The molecule has 1 aromatic rings. The lowest BCUT2D eigenvalue weighted by molar-refractivity contribution is -0.128. The van der Waals surface area contributed by atoms with Crippen molar-refractivity contribution in [2.24, 2.45) is 16.3 Å². The number of nitrogens with two attached hydrogens (primary N) is 1. The third-order valence-corrected chi connectivity index (χ3v) is 3.91. The average Bonchev–Trinajstić information content (AvgIpc) is 3.08. The van der Waals surface area contributed by atoms with Gasteiger partial charge in [-0.1, -0.05) is 18.0 Å². The number of rotatable bonds is 5. The van der Waals surface area contributed by atoms with Crippen LogP contribution in [-0.2, 0) is 11.3 Å². The standard InChI is InChI=1S/C13H21N5O2/c1-10(8-18-7-6-15-9-18)16-12(19)13(11(14)17-20)4-2-3-5-13/h6-7,9-10,20H,2-5,8H2,1H3,(H2,14,17)(H,16,19). The summed E-state index contributed by atoms with van der Waals surface area (Å²) in [5.41, 5.74) is 4.90. The van der Waals surface area contributed by atoms with Crippen LogP contribution in [0.1, 0.15) is 32.6 Å². The highest BCUT2D eigenvalue weighted by atomic mass is 16.4. The van der Waals surface area contributed by atoms with Crippen LogP contribution in [0.25, 0.3) is 0 Å². The van der Waals surface area contributed by atoms with Gasteiger partial charge in [-0.3, -0.25) is 4.79 Å². The molecule has 0 saturated heterocycles. The van der Waals surface area contributed by atoms with E-state index in [0.29, 0.717) is 19.4 Å². The largest absolute Gasteiger partial charge is 0.409 e. The van der Waals surface area contributed by atoms with Gasteiger partial charge in [0.2, 0.25) is 5.91 Å². The number of nitrogens with zero attached hydrogens (tertiary/aromatic N) is 3. The summed E-state index contributed by atoms with van der Waals surface area (Å²) in [4.78, 5) is 16.5. The number of oxime groups is 1. The number of nitrogens with one attached hydrogen (secondary N) is 1. The lowest BCUT2D eigenvalue weighted by atomic mass is 9.83. The quantitative estimate of drug-likeness (QED) is 0.319. The van der Waals surface area contributed by atoms with Crippen molar-refractivity contribution in [3.8, 4) is 0 Å². The van der Waals surface area contributed by atoms with Gasteiger partial charge in [-0.15, -0.1) is 0 Å². The summed E-state index contributed by atoms with van der Waals surface area (Å²) in [6.07, 6.45) is 8.34. The van der Waals surface area contributed by atoms with Crippen LogP contribution >= 0.6 is 0 Å². The van der Waals surface area contributed by atoms with E-state index in [4.69, 9.17) is 10.9 Å². The van der Waals surface area contributed by atoms with E-state index in [-0.39, 0.29) is 17.8 Å². The number of aromatic nitrogens is 2. The molecule has 0 radical (unpaired) electrons. The van der Waals surface area contributed by atoms with Gasteiger partial charge in [-0.2, -0.15) is 0 Å². The Morgan fingerprint density at radius 3 is 2.85 bits per heavy atom. The second-order valence-corrected chi connectivity index (χ2v) is 5.41. The number of amides is 1. The van der Waals surface area contributed by atoms with E-state index >= 15 is 0 Å². The Balaban J connectivity index is 2.02. The summed E-state index contributed by atoms with van der Waals surface area (Å²) >= 11 is 0. The summed E-state index contributed by atoms with van der Waals surface area (Å²) in [5.74, 6) is -0.139. The summed E-state index contributed by atoms with van der Waals surface area (Å²) in [6.45, 7) is 2.56. The van der Waals surface area contributed by atoms with Gasteiger partial charge >= 0.3 is 0 Å². The third-order valence-electron chi connectivity index (χ3n) is 3.91. The Kier molecular flexibility index (Phi) is 4.26. The first kappa shape index (κ1) is 14.4. The molecular formula is C13H21N5O2. The fourth-order valence-electron chi connectivity index (χ4n) is 2.79. The first-order chi connectivity index (χ1) is 9.58. The smallest absolute Gasteiger partial charge is 0.234 e. The molecule has 4 N–H and O–H groups in total. The van der Waals surface area contributed by atoms with E-state index in [0.717, 1.165) is 12.8 Å². The fourth-order valence-corrected chi connectivity index (χ4v) is 2.79. The van der Waals surface area contributed by atoms with Crippen LogP contribution in [0.4, 0.5) is 0 Å². The van der Waals surface area contributed by atoms with E-state index in [1.54, 1.807) is 12.5 Å². The highest BCUT2D eigenvalue weighted by Crippen LogP contribution is 2.38. The van der Waals surface area contributed by atoms with E-state index < -0.39 is 5.41 Å². The van der Waals surface area contributed by atoms with Crippen LogP contribution in [0.3, 0.4) is 0 Å². The van der Waals surface area contributed by atoms with Crippen molar-refractivity contribution in [2.75, 3.05) is 0 Å². The second-order valence-electron chi connectivity index (χ2n) is 5.41. The molecule has 7 nitrogen and oxygen atoms in total. The maximum Gasteiger partial charge on any atom is 0.234 e. The Labute approximate surface area is 117 Å². The summed E-state index contributed by atoms with van der Waals surface area (Å²) < 4.78 is 1.90. The maximum atomic E-state index is 12.5. The molecule has 0 spiro atoms. The van der Waals surface area contributed by atoms with Crippen molar-refractivity contribution >= 4 is 11.7 Å². The minimum Gasteiger partial charge on any atom is -0.409 e. The Morgan fingerprint density at radius 1 is 1.60 bits per heavy atom. The van der Waals surface area contributed by atoms with E-state index in [9.17, 15) is 4.79 Å². The van der Waals surface area contributed by atoms with Gasteiger partial charge in [0.15, 0.2) is 5.84 Å². The van der Waals surface area contributed by atoms with Crippen LogP contribution in [0.15, 0.2) is 23.9 Å². The molecule has 1 aliphatic carbocycles. The van der Waals surface area contributed by atoms with Gasteiger partial charge in [0.05, 0.1) is 6.33 Å². The lowest BCUT2D eigenvalue weighted by Crippen LogP contribution is -2.51. The van der Waals surface area contributed by atoms with Crippen LogP contribution in [0.5, 0.6) is 0 Å². The molecule has 20 heavy (non-hydrogen) atoms. The summed E-state index contributed by atoms with van der Waals surface area (Å²) in [5, 5.41) is 14.9. The van der Waals surface area contributed by atoms with Gasteiger partial charge in [0.1, 0.15) is 5.41 Å². The fraction of sp³-hybridized carbons (Fsp3) is 0.615. The minimum absolute atomic E-state index is 0.0160. The molecule has 1 aromatic heterocycles. The number of carbonyl (C=O) groups is 1. The predicted molar refractivity (Wildman–Crippen MR) is 74.1 cm³/mol. The molecule has 1 unspecified atom stereocenters. The highest BCUT2D eigenvalue weighted by Gasteiger charge is 2.45. The highest BCUT2D eigenvalue weighted by molar-refractivity contribution is 6.07. The molecule has 1 saturated carbocycles. The summed E-state index contributed by atoms with van der Waals surface area (Å²) in [6, 6.07) is -0.0549. The molecule has 0 bridgehead atoms. The molecule has 1 fully saturated rings. The normalized spacial score (nSPS) is 19.8. The number of carbonyl (C=O) groups excluding carboxylic acids is 1. The Bertz CT molecular complexity index is 477. The molecule has 2 rings (SSSR count). The Morgan fingerprint density at radius 2 is 2.30 bits per heavy atom. The first-order valence-electron chi connectivity index (χ1n) is 6.83. The van der Waals surface area contributed by atoms with Crippen LogP contribution in [0, 0.1) is 5.41 Å². The van der Waals surface area contributed by atoms with Crippen LogP contribution in [-0.4, -0.2) is 32.5 Å². The first-order valence-corrected chi connectivity index (χ1v) is 6.83. The van der Waals surface area contributed by atoms with Crippen molar-refractivity contribution in [1.29, 1.82) is 0 Å². The van der Waals surface area contributed by atoms with Gasteiger partial charge < -0.3 is 20.8 Å². The number of hydrogen-bond donors (Lipinski definition) is 3. The number of hydrogen-bond acceptors (Lipinski definition) is 4. The topological polar surface area (TPSA) is 106 Å². The second kappa shape index (κ2) is 5.94. The molecule has 1 heterocycles. The number of amidine groups is 1. The zero-order valence-electron chi connectivity index (χ0n) is 11.6. The monoisotopic (exact) mass is 279 g/mol. The van der Waals surface area contributed by atoms with Gasteiger partial charge in [-0.05, 0) is 19.8 Å². The maximum absolute atomic E-state index is 12.5.